The van der Waals surface area contributed by atoms with Gasteiger partial charge in [-0.25, -0.2) is 0 Å². The van der Waals surface area contributed by atoms with E-state index >= 15 is 0 Å². The Balaban J connectivity index is 0.00000243. The number of carbonyl (C=O) groups is 2. The normalized spacial score (nSPS) is 19.4. The molecule has 4 N–H and O–H groups in total. The van der Waals surface area contributed by atoms with Gasteiger partial charge in [0.25, 0.3) is 5.91 Å². The van der Waals surface area contributed by atoms with Gasteiger partial charge in [-0.3, -0.25) is 9.59 Å². The smallest absolute Gasteiger partial charge is 0.251 e. The second kappa shape index (κ2) is 9.35. The summed E-state index contributed by atoms with van der Waals surface area (Å²) < 4.78 is 5.34. The van der Waals surface area contributed by atoms with Gasteiger partial charge in [-0.05, 0) is 49.9 Å². The molecule has 144 valence electrons. The molecule has 3 rings (SSSR count). The summed E-state index contributed by atoms with van der Waals surface area (Å²) in [6.07, 6.45) is 5.76. The van der Waals surface area contributed by atoms with E-state index in [2.05, 4.69) is 10.6 Å². The molecule has 0 aromatic heterocycles. The molecule has 7 heteroatoms. The number of benzene rings is 1. The zero-order valence-electron chi connectivity index (χ0n) is 15.0. The van der Waals surface area contributed by atoms with Crippen molar-refractivity contribution in [3.63, 3.8) is 0 Å². The van der Waals surface area contributed by atoms with Crippen LogP contribution in [-0.4, -0.2) is 37.6 Å². The van der Waals surface area contributed by atoms with Crippen molar-refractivity contribution < 1.29 is 14.3 Å². The lowest BCUT2D eigenvalue weighted by molar-refractivity contribution is -0.130. The van der Waals surface area contributed by atoms with E-state index < -0.39 is 5.41 Å². The largest absolute Gasteiger partial charge is 0.381 e. The Hall–Kier alpha value is -1.63. The minimum atomic E-state index is -0.559. The molecule has 1 aromatic carbocycles. The van der Waals surface area contributed by atoms with Crippen LogP contribution in [0.3, 0.4) is 0 Å². The summed E-state index contributed by atoms with van der Waals surface area (Å²) in [4.78, 5) is 24.9. The van der Waals surface area contributed by atoms with Crippen molar-refractivity contribution >= 4 is 29.9 Å². The number of nitrogens with two attached hydrogens (primary N) is 1. The quantitative estimate of drug-likeness (QED) is 0.730. The molecule has 1 heterocycles. The van der Waals surface area contributed by atoms with Crippen LogP contribution < -0.4 is 16.4 Å². The molecule has 26 heavy (non-hydrogen) atoms. The molecular weight excluding hydrogens is 354 g/mol. The van der Waals surface area contributed by atoms with Crippen LogP contribution in [0.2, 0.25) is 0 Å². The standard InChI is InChI=1S/C19H27N3O3.ClH/c20-13-19(9-11-25-12-10-19)18(24)22-16-7-5-14(6-8-16)17(23)21-15-3-1-2-4-15;/h5-8,15H,1-4,9-13,20H2,(H,21,23)(H,22,24);1H. The van der Waals surface area contributed by atoms with E-state index in [9.17, 15) is 9.59 Å². The Morgan fingerprint density at radius 3 is 2.31 bits per heavy atom. The summed E-state index contributed by atoms with van der Waals surface area (Å²) in [7, 11) is 0. The highest BCUT2D eigenvalue weighted by molar-refractivity contribution is 5.97. The maximum absolute atomic E-state index is 12.6. The van der Waals surface area contributed by atoms with E-state index in [1.165, 1.54) is 12.8 Å². The van der Waals surface area contributed by atoms with Gasteiger partial charge in [0.05, 0.1) is 5.41 Å². The number of nitrogens with one attached hydrogen (secondary N) is 2. The molecule has 1 aliphatic heterocycles. The van der Waals surface area contributed by atoms with Crippen LogP contribution in [-0.2, 0) is 9.53 Å². The van der Waals surface area contributed by atoms with Crippen LogP contribution in [0.15, 0.2) is 24.3 Å². The van der Waals surface area contributed by atoms with E-state index in [-0.39, 0.29) is 24.2 Å². The molecule has 1 aromatic rings. The fourth-order valence-electron chi connectivity index (χ4n) is 3.59. The van der Waals surface area contributed by atoms with E-state index in [0.29, 0.717) is 49.9 Å². The lowest BCUT2D eigenvalue weighted by Crippen LogP contribution is -2.46. The molecule has 6 nitrogen and oxygen atoms in total. The summed E-state index contributed by atoms with van der Waals surface area (Å²) in [5.41, 5.74) is 6.60. The monoisotopic (exact) mass is 381 g/mol. The molecule has 2 aliphatic rings. The van der Waals surface area contributed by atoms with Crippen molar-refractivity contribution in [3.05, 3.63) is 29.8 Å². The molecule has 0 unspecified atom stereocenters. The van der Waals surface area contributed by atoms with Crippen molar-refractivity contribution in [3.8, 4) is 0 Å². The summed E-state index contributed by atoms with van der Waals surface area (Å²) >= 11 is 0. The molecule has 0 spiro atoms. The van der Waals surface area contributed by atoms with Gasteiger partial charge in [-0.15, -0.1) is 12.4 Å². The van der Waals surface area contributed by atoms with Crippen LogP contribution in [0.5, 0.6) is 0 Å². The number of carbonyl (C=O) groups excluding carboxylic acids is 2. The average Bonchev–Trinajstić information content (AvgIpc) is 3.15. The molecule has 1 saturated heterocycles. The Morgan fingerprint density at radius 2 is 1.73 bits per heavy atom. The number of rotatable bonds is 5. The van der Waals surface area contributed by atoms with E-state index in [0.717, 1.165) is 12.8 Å². The SMILES string of the molecule is Cl.NCC1(C(=O)Nc2ccc(C(=O)NC3CCCC3)cc2)CCOCC1. The molecule has 0 atom stereocenters. The van der Waals surface area contributed by atoms with Crippen LogP contribution >= 0.6 is 12.4 Å². The molecule has 2 amide bonds. The second-order valence-corrected chi connectivity index (χ2v) is 7.08. The van der Waals surface area contributed by atoms with Crippen molar-refractivity contribution in [2.24, 2.45) is 11.1 Å². The van der Waals surface area contributed by atoms with Gasteiger partial charge >= 0.3 is 0 Å². The van der Waals surface area contributed by atoms with E-state index in [1.807, 2.05) is 0 Å². The lowest BCUT2D eigenvalue weighted by atomic mass is 9.79. The van der Waals surface area contributed by atoms with Gasteiger partial charge in [-0.2, -0.15) is 0 Å². The van der Waals surface area contributed by atoms with Crippen LogP contribution in [0.25, 0.3) is 0 Å². The van der Waals surface area contributed by atoms with E-state index in [4.69, 9.17) is 10.5 Å². The summed E-state index contributed by atoms with van der Waals surface area (Å²) in [6, 6.07) is 7.33. The van der Waals surface area contributed by atoms with Crippen molar-refractivity contribution in [2.75, 3.05) is 25.1 Å². The summed E-state index contributed by atoms with van der Waals surface area (Å²) in [5, 5.41) is 6.00. The van der Waals surface area contributed by atoms with Crippen LogP contribution in [0.4, 0.5) is 5.69 Å². The number of amides is 2. The maximum Gasteiger partial charge on any atom is 0.251 e. The van der Waals surface area contributed by atoms with Gasteiger partial charge in [0.2, 0.25) is 5.91 Å². The Bertz CT molecular complexity index is 609. The Morgan fingerprint density at radius 1 is 1.12 bits per heavy atom. The first kappa shape index (κ1) is 20.7. The van der Waals surface area contributed by atoms with Crippen molar-refractivity contribution in [1.29, 1.82) is 0 Å². The third-order valence-electron chi connectivity index (χ3n) is 5.42. The van der Waals surface area contributed by atoms with Crippen LogP contribution in [0.1, 0.15) is 48.9 Å². The number of hydrogen-bond acceptors (Lipinski definition) is 4. The Labute approximate surface area is 160 Å². The third-order valence-corrected chi connectivity index (χ3v) is 5.42. The number of halogens is 1. The predicted molar refractivity (Wildman–Crippen MR) is 104 cm³/mol. The highest BCUT2D eigenvalue weighted by Crippen LogP contribution is 2.31. The van der Waals surface area contributed by atoms with Gasteiger partial charge in [0.15, 0.2) is 0 Å². The zero-order chi connectivity index (χ0) is 17.7. The van der Waals surface area contributed by atoms with Crippen molar-refractivity contribution in [1.82, 2.24) is 5.32 Å². The minimum Gasteiger partial charge on any atom is -0.381 e. The molecule has 1 aliphatic carbocycles. The second-order valence-electron chi connectivity index (χ2n) is 7.08. The number of hydrogen-bond donors (Lipinski definition) is 3. The number of anilines is 1. The lowest BCUT2D eigenvalue weighted by Gasteiger charge is -2.34. The van der Waals surface area contributed by atoms with Gasteiger partial charge in [0, 0.05) is 37.1 Å². The molecule has 0 radical (unpaired) electrons. The first-order chi connectivity index (χ1) is 12.1. The van der Waals surface area contributed by atoms with Gasteiger partial charge in [0.1, 0.15) is 0 Å². The summed E-state index contributed by atoms with van der Waals surface area (Å²) in [5.74, 6) is -0.117. The predicted octanol–water partition coefficient (Wildman–Crippen LogP) is 2.47. The summed E-state index contributed by atoms with van der Waals surface area (Å²) in [6.45, 7) is 1.43. The zero-order valence-corrected chi connectivity index (χ0v) is 15.8. The van der Waals surface area contributed by atoms with E-state index in [1.54, 1.807) is 24.3 Å². The van der Waals surface area contributed by atoms with Gasteiger partial charge < -0.3 is 21.1 Å². The maximum atomic E-state index is 12.6. The number of ether oxygens (including phenoxy) is 1. The first-order valence-electron chi connectivity index (χ1n) is 9.13. The topological polar surface area (TPSA) is 93.5 Å². The molecule has 1 saturated carbocycles. The average molecular weight is 382 g/mol. The van der Waals surface area contributed by atoms with Gasteiger partial charge in [-0.1, -0.05) is 12.8 Å². The van der Waals surface area contributed by atoms with Crippen LogP contribution in [0, 0.1) is 5.41 Å². The molecule has 2 fully saturated rings. The molecule has 0 bridgehead atoms. The van der Waals surface area contributed by atoms with Crippen molar-refractivity contribution in [2.45, 2.75) is 44.6 Å². The highest BCUT2D eigenvalue weighted by atomic mass is 35.5. The molecular formula is C19H28ClN3O3. The Kier molecular flexibility index (Phi) is 7.43. The highest BCUT2D eigenvalue weighted by Gasteiger charge is 2.38. The fraction of sp³-hybridized carbons (Fsp3) is 0.579. The third kappa shape index (κ3) is 4.75. The first-order valence-corrected chi connectivity index (χ1v) is 9.13. The fourth-order valence-corrected chi connectivity index (χ4v) is 3.59. The minimum absolute atomic E-state index is 0.